The number of nitrogen functional groups attached to an aromatic ring is 1. The fourth-order valence-electron chi connectivity index (χ4n) is 1.11. The first-order chi connectivity index (χ1) is 7.71. The van der Waals surface area contributed by atoms with E-state index in [4.69, 9.17) is 10.8 Å². The lowest BCUT2D eigenvalue weighted by atomic mass is 10.2. The van der Waals surface area contributed by atoms with Crippen LogP contribution in [0.4, 0.5) is 14.9 Å². The summed E-state index contributed by atoms with van der Waals surface area (Å²) in [6.07, 6.45) is -1.79. The Bertz CT molecular complexity index is 546. The van der Waals surface area contributed by atoms with Gasteiger partial charge in [-0.2, -0.15) is 12.7 Å². The van der Waals surface area contributed by atoms with Gasteiger partial charge in [0, 0.05) is 11.3 Å². The highest BCUT2D eigenvalue weighted by Gasteiger charge is 2.24. The first-order valence-electron chi connectivity index (χ1n) is 4.29. The van der Waals surface area contributed by atoms with Gasteiger partial charge in [-0.25, -0.2) is 14.3 Å². The minimum Gasteiger partial charge on any atom is -0.464 e. The van der Waals surface area contributed by atoms with E-state index in [0.717, 1.165) is 6.07 Å². The number of nitrogens with two attached hydrogens (primary N) is 2. The van der Waals surface area contributed by atoms with E-state index >= 15 is 0 Å². The number of rotatable bonds is 3. The molecule has 1 amide bonds. The molecule has 0 heterocycles. The number of carboxylic acid groups (broad SMARTS) is 1. The molecule has 0 saturated heterocycles. The molecule has 0 saturated carbocycles. The predicted octanol–water partition coefficient (Wildman–Crippen LogP) is 0.0914. The van der Waals surface area contributed by atoms with Crippen LogP contribution in [0.15, 0.2) is 18.2 Å². The van der Waals surface area contributed by atoms with Crippen molar-refractivity contribution in [3.63, 3.8) is 0 Å². The molecule has 1 rings (SSSR count). The van der Waals surface area contributed by atoms with Crippen molar-refractivity contribution < 1.29 is 22.7 Å². The molecule has 0 spiro atoms. The van der Waals surface area contributed by atoms with Crippen LogP contribution in [0.1, 0.15) is 5.56 Å². The fraction of sp³-hybridized carbons (Fsp3) is 0.125. The van der Waals surface area contributed by atoms with Gasteiger partial charge in [-0.05, 0) is 12.1 Å². The highest BCUT2D eigenvalue weighted by atomic mass is 32.2. The molecular weight excluding hydrogens is 253 g/mol. The van der Waals surface area contributed by atoms with Gasteiger partial charge in [0.1, 0.15) is 5.82 Å². The Morgan fingerprint density at radius 2 is 2.06 bits per heavy atom. The molecule has 0 bridgehead atoms. The van der Waals surface area contributed by atoms with Crippen molar-refractivity contribution in [1.29, 1.82) is 0 Å². The Hall–Kier alpha value is -1.87. The summed E-state index contributed by atoms with van der Waals surface area (Å²) < 4.78 is 35.1. The Balaban J connectivity index is 3.07. The van der Waals surface area contributed by atoms with E-state index in [0.29, 0.717) is 0 Å². The van der Waals surface area contributed by atoms with Crippen LogP contribution in [0.5, 0.6) is 0 Å². The number of hydrogen-bond acceptors (Lipinski definition) is 4. The second-order valence-corrected chi connectivity index (χ2v) is 4.66. The Labute approximate surface area is 96.6 Å². The zero-order valence-electron chi connectivity index (χ0n) is 8.50. The van der Waals surface area contributed by atoms with Crippen molar-refractivity contribution in [1.82, 2.24) is 4.31 Å². The van der Waals surface area contributed by atoms with Crippen LogP contribution in [0.25, 0.3) is 0 Å². The monoisotopic (exact) mass is 263 g/mol. The molecule has 0 aromatic heterocycles. The van der Waals surface area contributed by atoms with Crippen molar-refractivity contribution in [2.45, 2.75) is 6.54 Å². The molecule has 94 valence electrons. The largest absolute Gasteiger partial charge is 0.464 e. The second-order valence-electron chi connectivity index (χ2n) is 3.19. The molecule has 1 aromatic carbocycles. The van der Waals surface area contributed by atoms with Crippen molar-refractivity contribution in [3.05, 3.63) is 29.6 Å². The number of benzene rings is 1. The average Bonchev–Trinajstić information content (AvgIpc) is 2.13. The third kappa shape index (κ3) is 3.29. The van der Waals surface area contributed by atoms with Crippen LogP contribution in [0, 0.1) is 5.82 Å². The minimum atomic E-state index is -4.45. The van der Waals surface area contributed by atoms with Crippen LogP contribution < -0.4 is 10.9 Å². The third-order valence-corrected chi connectivity index (χ3v) is 2.81. The first-order valence-corrected chi connectivity index (χ1v) is 5.79. The van der Waals surface area contributed by atoms with Gasteiger partial charge >= 0.3 is 16.3 Å². The minimum absolute atomic E-state index is 0.0679. The topological polar surface area (TPSA) is 127 Å². The number of nitrogens with zero attached hydrogens (tertiary/aromatic N) is 1. The molecule has 7 nitrogen and oxygen atoms in total. The lowest BCUT2D eigenvalue weighted by Crippen LogP contribution is -2.40. The maximum absolute atomic E-state index is 13.3. The van der Waals surface area contributed by atoms with Crippen LogP contribution in [-0.2, 0) is 16.8 Å². The number of hydrogen-bond donors (Lipinski definition) is 3. The van der Waals surface area contributed by atoms with Gasteiger partial charge in [-0.3, -0.25) is 0 Å². The van der Waals surface area contributed by atoms with Crippen molar-refractivity contribution in [2.75, 3.05) is 5.73 Å². The normalized spacial score (nSPS) is 11.2. The first kappa shape index (κ1) is 13.2. The third-order valence-electron chi connectivity index (χ3n) is 1.91. The molecule has 17 heavy (non-hydrogen) atoms. The van der Waals surface area contributed by atoms with Gasteiger partial charge in [0.2, 0.25) is 0 Å². The number of amides is 1. The summed E-state index contributed by atoms with van der Waals surface area (Å²) >= 11 is 0. The summed E-state index contributed by atoms with van der Waals surface area (Å²) in [5, 5.41) is 13.3. The quantitative estimate of drug-likeness (QED) is 0.666. The molecule has 9 heteroatoms. The number of carbonyl (C=O) groups is 1. The number of anilines is 1. The van der Waals surface area contributed by atoms with Gasteiger partial charge in [-0.1, -0.05) is 6.07 Å². The van der Waals surface area contributed by atoms with E-state index in [9.17, 15) is 17.6 Å². The molecule has 0 aliphatic carbocycles. The van der Waals surface area contributed by atoms with Crippen LogP contribution >= 0.6 is 0 Å². The standard InChI is InChI=1S/C8H10FN3O4S/c9-7-3-6(10)2-1-5(7)4-12(8(13)14)17(11,15)16/h1-3H,4,10H2,(H,13,14)(H2,11,15,16). The van der Waals surface area contributed by atoms with E-state index in [-0.39, 0.29) is 15.6 Å². The number of halogens is 1. The van der Waals surface area contributed by atoms with Crippen molar-refractivity contribution >= 4 is 22.0 Å². The maximum Gasteiger partial charge on any atom is 0.422 e. The molecule has 5 N–H and O–H groups in total. The van der Waals surface area contributed by atoms with Crippen LogP contribution in [0.2, 0.25) is 0 Å². The van der Waals surface area contributed by atoms with Gasteiger partial charge in [-0.15, -0.1) is 0 Å². The summed E-state index contributed by atoms with van der Waals surface area (Å²) in [4.78, 5) is 10.6. The van der Waals surface area contributed by atoms with Gasteiger partial charge in [0.05, 0.1) is 6.54 Å². The molecular formula is C8H10FN3O4S. The fourth-order valence-corrected chi connectivity index (χ4v) is 1.65. The second kappa shape index (κ2) is 4.55. The van der Waals surface area contributed by atoms with Crippen molar-refractivity contribution in [3.8, 4) is 0 Å². The smallest absolute Gasteiger partial charge is 0.422 e. The van der Waals surface area contributed by atoms with Crippen LogP contribution in [0.3, 0.4) is 0 Å². The molecule has 0 aliphatic rings. The van der Waals surface area contributed by atoms with Gasteiger partial charge in [0.15, 0.2) is 0 Å². The molecule has 0 radical (unpaired) electrons. The Morgan fingerprint density at radius 3 is 2.47 bits per heavy atom. The highest BCUT2D eigenvalue weighted by Crippen LogP contribution is 2.15. The summed E-state index contributed by atoms with van der Waals surface area (Å²) in [5.41, 5.74) is 5.29. The van der Waals surface area contributed by atoms with Gasteiger partial charge < -0.3 is 10.8 Å². The summed E-state index contributed by atoms with van der Waals surface area (Å²) in [6, 6.07) is 3.46. The predicted molar refractivity (Wildman–Crippen MR) is 57.5 cm³/mol. The molecule has 0 unspecified atom stereocenters. The Morgan fingerprint density at radius 1 is 1.47 bits per heavy atom. The highest BCUT2D eigenvalue weighted by molar-refractivity contribution is 7.87. The SMILES string of the molecule is Nc1ccc(CN(C(=O)O)S(N)(=O)=O)c(F)c1. The summed E-state index contributed by atoms with van der Waals surface area (Å²) in [7, 11) is -4.45. The molecule has 0 fully saturated rings. The van der Waals surface area contributed by atoms with E-state index in [1.54, 1.807) is 0 Å². The molecule has 0 atom stereocenters. The lowest BCUT2D eigenvalue weighted by molar-refractivity contribution is 0.170. The molecule has 1 aromatic rings. The Kier molecular flexibility index (Phi) is 3.53. The summed E-state index contributed by atoms with van der Waals surface area (Å²) in [5.74, 6) is -0.806. The summed E-state index contributed by atoms with van der Waals surface area (Å²) in [6.45, 7) is -0.708. The van der Waals surface area contributed by atoms with Crippen molar-refractivity contribution in [2.24, 2.45) is 5.14 Å². The zero-order valence-corrected chi connectivity index (χ0v) is 9.32. The van der Waals surface area contributed by atoms with E-state index in [1.807, 2.05) is 0 Å². The van der Waals surface area contributed by atoms with E-state index in [1.165, 1.54) is 12.1 Å². The zero-order chi connectivity index (χ0) is 13.2. The average molecular weight is 263 g/mol. The molecule has 0 aliphatic heterocycles. The van der Waals surface area contributed by atoms with E-state index in [2.05, 4.69) is 5.14 Å². The maximum atomic E-state index is 13.3. The van der Waals surface area contributed by atoms with E-state index < -0.39 is 28.7 Å². The van der Waals surface area contributed by atoms with Crippen LogP contribution in [-0.4, -0.2) is 23.9 Å². The lowest BCUT2D eigenvalue weighted by Gasteiger charge is -2.16. The van der Waals surface area contributed by atoms with Gasteiger partial charge in [0.25, 0.3) is 0 Å².